The molecule has 1 spiro atoms. The third-order valence-electron chi connectivity index (χ3n) is 7.80. The lowest BCUT2D eigenvalue weighted by molar-refractivity contribution is -0.119. The zero-order valence-corrected chi connectivity index (χ0v) is 15.3. The smallest absolute Gasteiger partial charge is 0.217 e. The monoisotopic (exact) mass is 338 g/mol. The average Bonchev–Trinajstić information content (AvgIpc) is 3.31. The summed E-state index contributed by atoms with van der Waals surface area (Å²) in [5, 5.41) is 3.21. The zero-order chi connectivity index (χ0) is 17.0. The van der Waals surface area contributed by atoms with E-state index in [-0.39, 0.29) is 17.4 Å². The van der Waals surface area contributed by atoms with Crippen molar-refractivity contribution in [2.45, 2.75) is 69.4 Å². The maximum Gasteiger partial charge on any atom is 0.217 e. The molecule has 134 valence electrons. The lowest BCUT2D eigenvalue weighted by Gasteiger charge is -2.44. The molecule has 1 aromatic carbocycles. The first-order chi connectivity index (χ1) is 12.1. The van der Waals surface area contributed by atoms with Crippen LogP contribution in [0.15, 0.2) is 24.3 Å². The number of likely N-dealkylation sites (tertiary alicyclic amines) is 1. The minimum atomic E-state index is 0.0938. The molecule has 1 saturated heterocycles. The van der Waals surface area contributed by atoms with Gasteiger partial charge in [0.15, 0.2) is 0 Å². The van der Waals surface area contributed by atoms with Crippen molar-refractivity contribution < 1.29 is 4.79 Å². The van der Waals surface area contributed by atoms with Crippen LogP contribution < -0.4 is 5.32 Å². The van der Waals surface area contributed by atoms with Gasteiger partial charge in [0.25, 0.3) is 0 Å². The molecule has 3 heteroatoms. The molecule has 3 fully saturated rings. The number of carbonyl (C=O) groups is 1. The van der Waals surface area contributed by atoms with Crippen LogP contribution in [0.4, 0.5) is 0 Å². The number of amides is 1. The number of benzene rings is 1. The van der Waals surface area contributed by atoms with Gasteiger partial charge in [0.05, 0.1) is 6.04 Å². The first-order valence-electron chi connectivity index (χ1n) is 10.3. The molecule has 1 aliphatic heterocycles. The Bertz CT molecular complexity index is 676. The molecule has 1 heterocycles. The predicted molar refractivity (Wildman–Crippen MR) is 99.3 cm³/mol. The summed E-state index contributed by atoms with van der Waals surface area (Å²) in [6.07, 6.45) is 9.54. The number of hydrogen-bond acceptors (Lipinski definition) is 2. The van der Waals surface area contributed by atoms with E-state index < -0.39 is 0 Å². The van der Waals surface area contributed by atoms with Gasteiger partial charge in [-0.2, -0.15) is 0 Å². The quantitative estimate of drug-likeness (QED) is 0.890. The number of nitrogens with zero attached hydrogens (tertiary/aromatic N) is 1. The second-order valence-corrected chi connectivity index (χ2v) is 9.10. The summed E-state index contributed by atoms with van der Waals surface area (Å²) in [7, 11) is 0. The van der Waals surface area contributed by atoms with E-state index in [0.29, 0.717) is 0 Å². The van der Waals surface area contributed by atoms with Crippen LogP contribution in [0.1, 0.15) is 69.0 Å². The molecule has 4 aliphatic rings. The van der Waals surface area contributed by atoms with Crippen LogP contribution in [0.25, 0.3) is 0 Å². The Morgan fingerprint density at radius 1 is 1.16 bits per heavy atom. The van der Waals surface area contributed by atoms with E-state index in [1.807, 2.05) is 0 Å². The van der Waals surface area contributed by atoms with E-state index in [9.17, 15) is 4.79 Å². The summed E-state index contributed by atoms with van der Waals surface area (Å²) in [4.78, 5) is 14.5. The van der Waals surface area contributed by atoms with Gasteiger partial charge in [0.2, 0.25) is 5.91 Å². The fraction of sp³-hybridized carbons (Fsp3) is 0.682. The normalized spacial score (nSPS) is 35.9. The fourth-order valence-corrected chi connectivity index (χ4v) is 6.68. The van der Waals surface area contributed by atoms with Crippen LogP contribution >= 0.6 is 0 Å². The number of fused-ring (bicyclic) bond motifs is 4. The topological polar surface area (TPSA) is 32.3 Å². The minimum Gasteiger partial charge on any atom is -0.349 e. The molecular weight excluding hydrogens is 308 g/mol. The van der Waals surface area contributed by atoms with Gasteiger partial charge in [-0.15, -0.1) is 0 Å². The maximum atomic E-state index is 11.7. The molecule has 1 aromatic rings. The van der Waals surface area contributed by atoms with Crippen LogP contribution in [-0.2, 0) is 10.2 Å². The van der Waals surface area contributed by atoms with Crippen molar-refractivity contribution >= 4 is 5.91 Å². The van der Waals surface area contributed by atoms with Crippen LogP contribution in [-0.4, -0.2) is 29.9 Å². The van der Waals surface area contributed by atoms with Crippen LogP contribution in [0.5, 0.6) is 0 Å². The second-order valence-electron chi connectivity index (χ2n) is 9.10. The Morgan fingerprint density at radius 3 is 2.64 bits per heavy atom. The highest BCUT2D eigenvalue weighted by Gasteiger charge is 2.48. The molecule has 3 nitrogen and oxygen atoms in total. The van der Waals surface area contributed by atoms with Crippen molar-refractivity contribution in [3.63, 3.8) is 0 Å². The molecule has 4 atom stereocenters. The maximum absolute atomic E-state index is 11.7. The molecule has 0 aromatic heterocycles. The molecule has 0 unspecified atom stereocenters. The molecular formula is C22H30N2O. The summed E-state index contributed by atoms with van der Waals surface area (Å²) < 4.78 is 0. The summed E-state index contributed by atoms with van der Waals surface area (Å²) in [6, 6.07) is 9.94. The van der Waals surface area contributed by atoms with E-state index in [1.165, 1.54) is 62.7 Å². The Hall–Kier alpha value is -1.35. The zero-order valence-electron chi connectivity index (χ0n) is 15.3. The highest BCUT2D eigenvalue weighted by Crippen LogP contribution is 2.53. The number of piperidine rings is 1. The third-order valence-corrected chi connectivity index (χ3v) is 7.80. The van der Waals surface area contributed by atoms with Crippen molar-refractivity contribution in [1.29, 1.82) is 0 Å². The van der Waals surface area contributed by atoms with Crippen molar-refractivity contribution in [3.8, 4) is 0 Å². The first kappa shape index (κ1) is 15.9. The molecule has 25 heavy (non-hydrogen) atoms. The van der Waals surface area contributed by atoms with Gasteiger partial charge in [0, 0.05) is 18.4 Å². The third kappa shape index (κ3) is 2.54. The van der Waals surface area contributed by atoms with E-state index >= 15 is 0 Å². The number of rotatable bonds is 2. The van der Waals surface area contributed by atoms with Gasteiger partial charge in [-0.1, -0.05) is 30.7 Å². The number of carbonyl (C=O) groups excluding carboxylic acids is 1. The molecule has 1 amide bonds. The van der Waals surface area contributed by atoms with E-state index in [0.717, 1.165) is 24.3 Å². The van der Waals surface area contributed by atoms with Gasteiger partial charge >= 0.3 is 0 Å². The van der Waals surface area contributed by atoms with Crippen molar-refractivity contribution in [2.75, 3.05) is 13.1 Å². The standard InChI is InChI=1S/C22H30N2O/c1-15(25)23-20-14-22(19-5-3-2-4-18(19)20)8-10-24(11-9-22)21-13-16-6-7-17(21)12-16/h2-5,16-17,20-21H,6-14H2,1H3,(H,23,25)/t16-,17-,20-,21+/m1/s1. The van der Waals surface area contributed by atoms with Crippen molar-refractivity contribution in [1.82, 2.24) is 10.2 Å². The predicted octanol–water partition coefficient (Wildman–Crippen LogP) is 3.79. The second kappa shape index (κ2) is 5.84. The Kier molecular flexibility index (Phi) is 3.70. The highest BCUT2D eigenvalue weighted by atomic mass is 16.1. The molecule has 3 aliphatic carbocycles. The van der Waals surface area contributed by atoms with Crippen LogP contribution in [0, 0.1) is 11.8 Å². The SMILES string of the molecule is CC(=O)N[C@@H]1CC2(CCN([C@H]3C[C@@H]4CC[C@@H]3C4)CC2)c2ccccc21. The van der Waals surface area contributed by atoms with E-state index in [2.05, 4.69) is 34.5 Å². The fourth-order valence-electron chi connectivity index (χ4n) is 6.68. The molecule has 2 bridgehead atoms. The molecule has 5 rings (SSSR count). The van der Waals surface area contributed by atoms with Gasteiger partial charge in [-0.3, -0.25) is 4.79 Å². The van der Waals surface area contributed by atoms with E-state index in [4.69, 9.17) is 0 Å². The summed E-state index contributed by atoms with van der Waals surface area (Å²) in [6.45, 7) is 4.13. The van der Waals surface area contributed by atoms with Crippen LogP contribution in [0.3, 0.4) is 0 Å². The van der Waals surface area contributed by atoms with Crippen LogP contribution in [0.2, 0.25) is 0 Å². The van der Waals surface area contributed by atoms with Gasteiger partial charge in [0.1, 0.15) is 0 Å². The molecule has 2 saturated carbocycles. The highest BCUT2D eigenvalue weighted by molar-refractivity contribution is 5.73. The van der Waals surface area contributed by atoms with Gasteiger partial charge in [-0.25, -0.2) is 0 Å². The van der Waals surface area contributed by atoms with Crippen molar-refractivity contribution in [2.24, 2.45) is 11.8 Å². The number of hydrogen-bond donors (Lipinski definition) is 1. The first-order valence-corrected chi connectivity index (χ1v) is 10.3. The van der Waals surface area contributed by atoms with Gasteiger partial charge in [-0.05, 0) is 74.6 Å². The Morgan fingerprint density at radius 2 is 1.96 bits per heavy atom. The summed E-state index contributed by atoms with van der Waals surface area (Å²) in [5.41, 5.74) is 3.17. The Balaban J connectivity index is 1.34. The molecule has 0 radical (unpaired) electrons. The van der Waals surface area contributed by atoms with Crippen molar-refractivity contribution in [3.05, 3.63) is 35.4 Å². The lowest BCUT2D eigenvalue weighted by atomic mass is 9.73. The average molecular weight is 338 g/mol. The lowest BCUT2D eigenvalue weighted by Crippen LogP contribution is -2.48. The summed E-state index contributed by atoms with van der Waals surface area (Å²) in [5.74, 6) is 2.11. The molecule has 1 N–H and O–H groups in total. The minimum absolute atomic E-state index is 0.0938. The van der Waals surface area contributed by atoms with E-state index in [1.54, 1.807) is 6.92 Å². The summed E-state index contributed by atoms with van der Waals surface area (Å²) >= 11 is 0. The largest absolute Gasteiger partial charge is 0.349 e. The Labute approximate surface area is 151 Å². The number of nitrogens with one attached hydrogen (secondary N) is 1. The van der Waals surface area contributed by atoms with Gasteiger partial charge < -0.3 is 10.2 Å².